The van der Waals surface area contributed by atoms with Crippen LogP contribution in [0.2, 0.25) is 0 Å². The van der Waals surface area contributed by atoms with Gasteiger partial charge in [-0.05, 0) is 12.8 Å². The molecule has 1 saturated carbocycles. The normalized spacial score (nSPS) is 25.6. The van der Waals surface area contributed by atoms with E-state index in [2.05, 4.69) is 5.32 Å². The lowest BCUT2D eigenvalue weighted by atomic mass is 9.77. The number of carbonyl (C=O) groups is 3. The number of nitrogens with one attached hydrogen (secondary N) is 1. The van der Waals surface area contributed by atoms with E-state index in [1.165, 1.54) is 0 Å². The smallest absolute Gasteiger partial charge is 0.328 e. The molecule has 6 nitrogen and oxygen atoms in total. The van der Waals surface area contributed by atoms with E-state index < -0.39 is 23.4 Å². The van der Waals surface area contributed by atoms with Crippen LogP contribution in [0.3, 0.4) is 0 Å². The molecule has 112 valence electrons. The summed E-state index contributed by atoms with van der Waals surface area (Å²) >= 11 is 0. The summed E-state index contributed by atoms with van der Waals surface area (Å²) in [6.07, 6.45) is 5.19. The Bertz CT molecular complexity index is 398. The van der Waals surface area contributed by atoms with Crippen LogP contribution < -0.4 is 5.32 Å². The second-order valence-electron chi connectivity index (χ2n) is 5.75. The highest BCUT2D eigenvalue weighted by atomic mass is 16.5. The van der Waals surface area contributed by atoms with E-state index in [0.29, 0.717) is 25.9 Å². The van der Waals surface area contributed by atoms with Gasteiger partial charge in [0.2, 0.25) is 5.91 Å². The summed E-state index contributed by atoms with van der Waals surface area (Å²) in [6.45, 7) is 0.313. The van der Waals surface area contributed by atoms with Crippen molar-refractivity contribution in [1.29, 1.82) is 0 Å². The Morgan fingerprint density at radius 2 is 1.90 bits per heavy atom. The highest BCUT2D eigenvalue weighted by Gasteiger charge is 2.41. The van der Waals surface area contributed by atoms with Crippen LogP contribution in [0.4, 0.5) is 0 Å². The van der Waals surface area contributed by atoms with Crippen molar-refractivity contribution in [2.75, 3.05) is 6.61 Å². The van der Waals surface area contributed by atoms with E-state index in [1.54, 1.807) is 0 Å². The molecule has 0 radical (unpaired) electrons. The quantitative estimate of drug-likeness (QED) is 0.598. The Morgan fingerprint density at radius 3 is 2.40 bits per heavy atom. The molecular weight excluding hydrogens is 262 g/mol. The summed E-state index contributed by atoms with van der Waals surface area (Å²) in [4.78, 5) is 35.0. The Kier molecular flexibility index (Phi) is 4.62. The lowest BCUT2D eigenvalue weighted by Crippen LogP contribution is -2.42. The molecule has 2 fully saturated rings. The molecule has 2 aliphatic rings. The molecular formula is C14H21NO5. The number of ether oxygens (including phenoxy) is 1. The molecule has 1 aliphatic carbocycles. The molecule has 1 unspecified atom stereocenters. The Morgan fingerprint density at radius 1 is 1.25 bits per heavy atom. The van der Waals surface area contributed by atoms with Crippen molar-refractivity contribution >= 4 is 17.8 Å². The van der Waals surface area contributed by atoms with Crippen molar-refractivity contribution in [2.24, 2.45) is 5.41 Å². The van der Waals surface area contributed by atoms with Crippen LogP contribution in [-0.2, 0) is 19.1 Å². The molecule has 20 heavy (non-hydrogen) atoms. The molecule has 1 atom stereocenters. The van der Waals surface area contributed by atoms with Crippen LogP contribution in [0.25, 0.3) is 0 Å². The maximum absolute atomic E-state index is 12.1. The van der Waals surface area contributed by atoms with Gasteiger partial charge in [0.1, 0.15) is 6.04 Å². The molecule has 2 N–H and O–H groups in total. The fourth-order valence-corrected chi connectivity index (χ4v) is 3.05. The van der Waals surface area contributed by atoms with E-state index in [-0.39, 0.29) is 12.3 Å². The Hall–Kier alpha value is -1.59. The van der Waals surface area contributed by atoms with Crippen molar-refractivity contribution in [3.63, 3.8) is 0 Å². The number of rotatable bonds is 4. The van der Waals surface area contributed by atoms with Crippen molar-refractivity contribution < 1.29 is 24.2 Å². The van der Waals surface area contributed by atoms with Gasteiger partial charge in [0.15, 0.2) is 0 Å². The predicted octanol–water partition coefficient (Wildman–Crippen LogP) is 1.23. The van der Waals surface area contributed by atoms with Gasteiger partial charge >= 0.3 is 11.9 Å². The summed E-state index contributed by atoms with van der Waals surface area (Å²) < 4.78 is 4.78. The van der Waals surface area contributed by atoms with E-state index in [4.69, 9.17) is 4.74 Å². The summed E-state index contributed by atoms with van der Waals surface area (Å²) in [6, 6.07) is -0.612. The van der Waals surface area contributed by atoms with Crippen molar-refractivity contribution in [2.45, 2.75) is 57.4 Å². The van der Waals surface area contributed by atoms with Gasteiger partial charge in [0, 0.05) is 12.8 Å². The minimum Gasteiger partial charge on any atom is -0.481 e. The number of cyclic esters (lactones) is 1. The largest absolute Gasteiger partial charge is 0.481 e. The van der Waals surface area contributed by atoms with Crippen LogP contribution in [0, 0.1) is 5.41 Å². The van der Waals surface area contributed by atoms with Gasteiger partial charge in [-0.2, -0.15) is 0 Å². The molecule has 0 bridgehead atoms. The van der Waals surface area contributed by atoms with E-state index >= 15 is 0 Å². The Balaban J connectivity index is 1.98. The summed E-state index contributed by atoms with van der Waals surface area (Å²) in [7, 11) is 0. The minimum absolute atomic E-state index is 0.0495. The second-order valence-corrected chi connectivity index (χ2v) is 5.75. The number of hydrogen-bond acceptors (Lipinski definition) is 4. The number of aliphatic carboxylic acids is 1. The van der Waals surface area contributed by atoms with Crippen LogP contribution in [0.15, 0.2) is 0 Å². The maximum Gasteiger partial charge on any atom is 0.328 e. The highest BCUT2D eigenvalue weighted by molar-refractivity contribution is 5.88. The molecule has 1 heterocycles. The lowest BCUT2D eigenvalue weighted by Gasteiger charge is -2.27. The molecule has 1 aliphatic heterocycles. The van der Waals surface area contributed by atoms with Gasteiger partial charge < -0.3 is 15.2 Å². The van der Waals surface area contributed by atoms with Gasteiger partial charge in [-0.25, -0.2) is 4.79 Å². The molecule has 1 saturated heterocycles. The third-order valence-corrected chi connectivity index (χ3v) is 4.28. The van der Waals surface area contributed by atoms with Gasteiger partial charge in [0.05, 0.1) is 12.0 Å². The average Bonchev–Trinajstić information content (AvgIpc) is 2.66. The average molecular weight is 283 g/mol. The van der Waals surface area contributed by atoms with E-state index in [9.17, 15) is 19.5 Å². The fraction of sp³-hybridized carbons (Fsp3) is 0.786. The first-order valence-corrected chi connectivity index (χ1v) is 7.23. The number of hydrogen-bond donors (Lipinski definition) is 2. The first-order chi connectivity index (χ1) is 9.53. The third kappa shape index (κ3) is 3.29. The van der Waals surface area contributed by atoms with E-state index in [1.807, 2.05) is 0 Å². The molecule has 0 aromatic rings. The zero-order valence-electron chi connectivity index (χ0n) is 11.5. The molecule has 0 aromatic heterocycles. The van der Waals surface area contributed by atoms with Crippen molar-refractivity contribution in [1.82, 2.24) is 5.32 Å². The van der Waals surface area contributed by atoms with E-state index in [0.717, 1.165) is 25.7 Å². The molecule has 6 heteroatoms. The molecule has 0 aromatic carbocycles. The van der Waals surface area contributed by atoms with Crippen LogP contribution in [0.5, 0.6) is 0 Å². The Labute approximate surface area is 117 Å². The lowest BCUT2D eigenvalue weighted by molar-refractivity contribution is -0.153. The number of carboxylic acids is 1. The standard InChI is InChI=1S/C14H21NO5/c16-11(15-10-5-8-20-12(10)17)9-14(13(18)19)6-3-1-2-4-7-14/h10H,1-9H2,(H,15,16)(H,18,19). The molecule has 2 rings (SSSR count). The van der Waals surface area contributed by atoms with Crippen molar-refractivity contribution in [3.8, 4) is 0 Å². The topological polar surface area (TPSA) is 92.7 Å². The number of carboxylic acid groups (broad SMARTS) is 1. The first-order valence-electron chi connectivity index (χ1n) is 7.23. The maximum atomic E-state index is 12.1. The fourth-order valence-electron chi connectivity index (χ4n) is 3.05. The second kappa shape index (κ2) is 6.24. The van der Waals surface area contributed by atoms with Crippen LogP contribution >= 0.6 is 0 Å². The first kappa shape index (κ1) is 14.8. The van der Waals surface area contributed by atoms with Crippen molar-refractivity contribution in [3.05, 3.63) is 0 Å². The summed E-state index contributed by atoms with van der Waals surface area (Å²) in [5, 5.41) is 12.1. The molecule has 0 spiro atoms. The SMILES string of the molecule is O=C(CC1(C(=O)O)CCCCCC1)NC1CCOC1=O. The zero-order valence-corrected chi connectivity index (χ0v) is 11.5. The number of carbonyl (C=O) groups excluding carboxylic acids is 2. The summed E-state index contributed by atoms with van der Waals surface area (Å²) in [5.74, 6) is -1.69. The number of amides is 1. The van der Waals surface area contributed by atoms with Gasteiger partial charge in [-0.15, -0.1) is 0 Å². The predicted molar refractivity (Wildman–Crippen MR) is 69.9 cm³/mol. The van der Waals surface area contributed by atoms with Gasteiger partial charge in [0.25, 0.3) is 0 Å². The van der Waals surface area contributed by atoms with Gasteiger partial charge in [-0.1, -0.05) is 25.7 Å². The minimum atomic E-state index is -0.969. The van der Waals surface area contributed by atoms with Crippen LogP contribution in [0.1, 0.15) is 51.4 Å². The monoisotopic (exact) mass is 283 g/mol. The number of esters is 1. The zero-order chi connectivity index (χ0) is 14.6. The highest BCUT2D eigenvalue weighted by Crippen LogP contribution is 2.38. The molecule has 1 amide bonds. The summed E-state index contributed by atoms with van der Waals surface area (Å²) in [5.41, 5.74) is -0.969. The third-order valence-electron chi connectivity index (χ3n) is 4.28. The van der Waals surface area contributed by atoms with Crippen LogP contribution in [-0.4, -0.2) is 35.6 Å². The van der Waals surface area contributed by atoms with Gasteiger partial charge in [-0.3, -0.25) is 9.59 Å².